The lowest BCUT2D eigenvalue weighted by molar-refractivity contribution is -0.0498. The van der Waals surface area contributed by atoms with Gasteiger partial charge >= 0.3 is 6.61 Å². The Morgan fingerprint density at radius 1 is 0.794 bits per heavy atom. The minimum absolute atomic E-state index is 0.0205. The number of rotatable bonds is 6. The molecule has 0 bridgehead atoms. The van der Waals surface area contributed by atoms with Crippen LogP contribution < -0.4 is 4.74 Å². The van der Waals surface area contributed by atoms with Gasteiger partial charge in [0.2, 0.25) is 0 Å². The third-order valence-electron chi connectivity index (χ3n) is 5.35. The first-order valence-corrected chi connectivity index (χ1v) is 10.4. The number of nitrogens with zero attached hydrogens (tertiary/aromatic N) is 3. The number of imidazole rings is 1. The fourth-order valence-electron chi connectivity index (χ4n) is 3.69. The van der Waals surface area contributed by atoms with E-state index < -0.39 is 18.2 Å². The molecule has 170 valence electrons. The van der Waals surface area contributed by atoms with Crippen molar-refractivity contribution in [3.63, 3.8) is 0 Å². The number of halogens is 4. The second-order valence-electron chi connectivity index (χ2n) is 7.64. The topological polar surface area (TPSA) is 39.9 Å². The van der Waals surface area contributed by atoms with Crippen LogP contribution in [-0.2, 0) is 6.54 Å². The van der Waals surface area contributed by atoms with Crippen LogP contribution in [0.25, 0.3) is 33.9 Å². The zero-order valence-corrected chi connectivity index (χ0v) is 17.6. The molecule has 0 fully saturated rings. The van der Waals surface area contributed by atoms with Crippen molar-refractivity contribution < 1.29 is 22.3 Å². The maximum absolute atomic E-state index is 14.1. The van der Waals surface area contributed by atoms with Crippen molar-refractivity contribution in [2.24, 2.45) is 0 Å². The zero-order valence-electron chi connectivity index (χ0n) is 17.6. The van der Waals surface area contributed by atoms with E-state index >= 15 is 0 Å². The molecule has 2 heterocycles. The van der Waals surface area contributed by atoms with E-state index in [0.717, 1.165) is 22.8 Å². The van der Waals surface area contributed by atoms with E-state index in [9.17, 15) is 17.6 Å². The van der Waals surface area contributed by atoms with Crippen LogP contribution in [-0.4, -0.2) is 21.1 Å². The zero-order chi connectivity index (χ0) is 23.7. The summed E-state index contributed by atoms with van der Waals surface area (Å²) in [5.74, 6) is -1.66. The highest BCUT2D eigenvalue weighted by Gasteiger charge is 2.17. The summed E-state index contributed by atoms with van der Waals surface area (Å²) in [6.45, 7) is -2.29. The Morgan fingerprint density at radius 3 is 2.18 bits per heavy atom. The molecule has 34 heavy (non-hydrogen) atoms. The number of pyridine rings is 1. The summed E-state index contributed by atoms with van der Waals surface area (Å²) in [6.07, 6.45) is 3.65. The first-order valence-electron chi connectivity index (χ1n) is 10.4. The molecule has 4 nitrogen and oxygen atoms in total. The van der Waals surface area contributed by atoms with Gasteiger partial charge in [0.15, 0.2) is 17.5 Å². The van der Waals surface area contributed by atoms with Gasteiger partial charge in [-0.1, -0.05) is 42.5 Å². The van der Waals surface area contributed by atoms with E-state index in [1.165, 1.54) is 24.3 Å². The van der Waals surface area contributed by atoms with Gasteiger partial charge in [-0.05, 0) is 47.0 Å². The summed E-state index contributed by atoms with van der Waals surface area (Å²) in [7, 11) is 0. The maximum Gasteiger partial charge on any atom is 0.387 e. The highest BCUT2D eigenvalue weighted by molar-refractivity contribution is 5.66. The van der Waals surface area contributed by atoms with Crippen LogP contribution in [0, 0.1) is 11.6 Å². The van der Waals surface area contributed by atoms with Crippen molar-refractivity contribution in [1.29, 1.82) is 0 Å². The molecule has 0 unspecified atom stereocenters. The fraction of sp³-hybridized carbons (Fsp3) is 0.0769. The molecular formula is C26H17F4N3O. The van der Waals surface area contributed by atoms with Crippen LogP contribution >= 0.6 is 0 Å². The molecule has 2 aliphatic heterocycles. The molecule has 0 amide bonds. The molecule has 5 rings (SSSR count). The lowest BCUT2D eigenvalue weighted by Gasteiger charge is -2.10. The summed E-state index contributed by atoms with van der Waals surface area (Å²) >= 11 is 0. The summed E-state index contributed by atoms with van der Waals surface area (Å²) in [5.41, 5.74) is 4.03. The number of hydrogen-bond donors (Lipinski definition) is 0. The van der Waals surface area contributed by atoms with Crippen LogP contribution in [0.5, 0.6) is 5.75 Å². The molecule has 0 N–H and O–H groups in total. The van der Waals surface area contributed by atoms with Crippen molar-refractivity contribution in [3.05, 3.63) is 102 Å². The number of hydrogen-bond acceptors (Lipinski definition) is 3. The first-order chi connectivity index (χ1) is 16.5. The van der Waals surface area contributed by atoms with Gasteiger partial charge in [-0.2, -0.15) is 8.78 Å². The van der Waals surface area contributed by atoms with Crippen LogP contribution in [0.3, 0.4) is 0 Å². The van der Waals surface area contributed by atoms with E-state index in [1.54, 1.807) is 24.4 Å². The predicted molar refractivity (Wildman–Crippen MR) is 120 cm³/mol. The van der Waals surface area contributed by atoms with E-state index in [-0.39, 0.29) is 17.1 Å². The monoisotopic (exact) mass is 463 g/mol. The Labute approximate surface area is 192 Å². The lowest BCUT2D eigenvalue weighted by atomic mass is 10.0. The van der Waals surface area contributed by atoms with E-state index in [0.29, 0.717) is 17.9 Å². The standard InChI is InChI=1S/C26H17F4N3O/c27-21-3-1-2-20(24(21)28)25-31-22-12-13-33(15-23(22)32-25)14-16-4-6-17(7-5-16)18-8-10-19(11-9-18)34-26(29)30/h1-13,15,26H,14H2. The minimum Gasteiger partial charge on any atom is -0.435 e. The lowest BCUT2D eigenvalue weighted by Crippen LogP contribution is -2.01. The van der Waals surface area contributed by atoms with Crippen LogP contribution in [0.2, 0.25) is 0 Å². The van der Waals surface area contributed by atoms with Crippen molar-refractivity contribution in [2.75, 3.05) is 0 Å². The van der Waals surface area contributed by atoms with Crippen LogP contribution in [0.15, 0.2) is 85.2 Å². The Morgan fingerprint density at radius 2 is 1.47 bits per heavy atom. The van der Waals surface area contributed by atoms with Gasteiger partial charge in [-0.3, -0.25) is 0 Å². The second kappa shape index (κ2) is 8.97. The number of alkyl halides is 2. The molecule has 3 aromatic carbocycles. The third kappa shape index (κ3) is 4.47. The Hall–Kier alpha value is -4.20. The molecule has 0 saturated heterocycles. The first kappa shape index (κ1) is 21.6. The second-order valence-corrected chi connectivity index (χ2v) is 7.64. The highest BCUT2D eigenvalue weighted by Crippen LogP contribution is 2.28. The van der Waals surface area contributed by atoms with Crippen molar-refractivity contribution in [1.82, 2.24) is 14.5 Å². The number of aromatic nitrogens is 3. The fourth-order valence-corrected chi connectivity index (χ4v) is 3.69. The van der Waals surface area contributed by atoms with E-state index in [1.807, 2.05) is 35.0 Å². The molecule has 2 aliphatic rings. The minimum atomic E-state index is -2.85. The molecule has 0 atom stereocenters. The van der Waals surface area contributed by atoms with Gasteiger partial charge in [0.05, 0.1) is 11.3 Å². The largest absolute Gasteiger partial charge is 0.435 e. The van der Waals surface area contributed by atoms with Gasteiger partial charge in [-0.25, -0.2) is 18.7 Å². The summed E-state index contributed by atoms with van der Waals surface area (Å²) in [6, 6.07) is 20.0. The Kier molecular flexibility index (Phi) is 5.71. The van der Waals surface area contributed by atoms with E-state index in [4.69, 9.17) is 0 Å². The average molecular weight is 463 g/mol. The average Bonchev–Trinajstić information content (AvgIpc) is 3.25. The van der Waals surface area contributed by atoms with Gasteiger partial charge in [-0.15, -0.1) is 0 Å². The third-order valence-corrected chi connectivity index (χ3v) is 5.35. The number of fused-ring (bicyclic) bond motifs is 1. The maximum atomic E-state index is 14.1. The van der Waals surface area contributed by atoms with Crippen LogP contribution in [0.1, 0.15) is 5.56 Å². The predicted octanol–water partition coefficient (Wildman–Crippen LogP) is 6.64. The molecule has 0 saturated carbocycles. The van der Waals surface area contributed by atoms with Crippen molar-refractivity contribution in [3.8, 4) is 39.7 Å². The van der Waals surface area contributed by atoms with Gasteiger partial charge in [0, 0.05) is 18.9 Å². The summed E-state index contributed by atoms with van der Waals surface area (Å²) in [4.78, 5) is 8.69. The van der Waals surface area contributed by atoms with E-state index in [2.05, 4.69) is 14.7 Å². The Balaban J connectivity index is 1.33. The van der Waals surface area contributed by atoms with Gasteiger partial charge in [0.1, 0.15) is 11.4 Å². The molecule has 3 aromatic rings. The number of benzene rings is 3. The normalized spacial score (nSPS) is 11.3. The summed E-state index contributed by atoms with van der Waals surface area (Å²) < 4.78 is 58.6. The molecule has 0 spiro atoms. The number of ether oxygens (including phenoxy) is 1. The molecular weight excluding hydrogens is 446 g/mol. The highest BCUT2D eigenvalue weighted by atomic mass is 19.3. The molecule has 8 heteroatoms. The molecule has 0 radical (unpaired) electrons. The molecule has 0 aromatic heterocycles. The van der Waals surface area contributed by atoms with Gasteiger partial charge in [0.25, 0.3) is 0 Å². The quantitative estimate of drug-likeness (QED) is 0.265. The van der Waals surface area contributed by atoms with Crippen LogP contribution in [0.4, 0.5) is 17.6 Å². The van der Waals surface area contributed by atoms with Crippen molar-refractivity contribution in [2.45, 2.75) is 13.2 Å². The smallest absolute Gasteiger partial charge is 0.387 e. The van der Waals surface area contributed by atoms with Crippen molar-refractivity contribution >= 4 is 0 Å². The summed E-state index contributed by atoms with van der Waals surface area (Å²) in [5, 5.41) is 0. The molecule has 0 aliphatic carbocycles. The van der Waals surface area contributed by atoms with Gasteiger partial charge < -0.3 is 9.30 Å². The SMILES string of the molecule is Fc1cccc(-c2nc3ccn(Cc4ccc(-c5ccc(OC(F)F)cc5)cc4)cc-3n2)c1F. The Bertz CT molecular complexity index is 1400.